The summed E-state index contributed by atoms with van der Waals surface area (Å²) in [4.78, 5) is 39.1. The number of esters is 2. The maximum atomic E-state index is 13.3. The van der Waals surface area contributed by atoms with Gasteiger partial charge in [0, 0.05) is 17.8 Å². The Balaban J connectivity index is 1.59. The van der Waals surface area contributed by atoms with Gasteiger partial charge in [-0.05, 0) is 84.4 Å². The fraction of sp³-hybridized carbons (Fsp3) is 0.865. The number of carboxylic acids is 1. The third-order valence-corrected chi connectivity index (χ3v) is 14.6. The second-order valence-corrected chi connectivity index (χ2v) is 17.3. The highest BCUT2D eigenvalue weighted by Crippen LogP contribution is 2.75. The fourth-order valence-electron chi connectivity index (χ4n) is 11.6. The van der Waals surface area contributed by atoms with Crippen LogP contribution >= 0.6 is 0 Å². The van der Waals surface area contributed by atoms with Crippen LogP contribution < -0.4 is 5.73 Å². The van der Waals surface area contributed by atoms with Gasteiger partial charge in [0.2, 0.25) is 0 Å². The van der Waals surface area contributed by atoms with Crippen LogP contribution in [0, 0.1) is 62.6 Å². The molecule has 45 heavy (non-hydrogen) atoms. The molecular weight excluding hydrogens is 570 g/mol. The maximum absolute atomic E-state index is 13.3. The van der Waals surface area contributed by atoms with E-state index in [1.807, 2.05) is 13.8 Å². The predicted molar refractivity (Wildman–Crippen MR) is 172 cm³/mol. The second-order valence-electron chi connectivity index (χ2n) is 17.3. The van der Waals surface area contributed by atoms with Crippen LogP contribution in [0.25, 0.3) is 0 Å². The summed E-state index contributed by atoms with van der Waals surface area (Å²) in [6.07, 6.45) is 6.03. The molecule has 12 atom stereocenters. The highest BCUT2D eigenvalue weighted by atomic mass is 16.6. The zero-order chi connectivity index (χ0) is 33.5. The number of nitrogens with two attached hydrogens (primary N) is 1. The summed E-state index contributed by atoms with van der Waals surface area (Å²) in [6.45, 7) is 21.8. The number of fused-ring (bicyclic) bond motifs is 3. The highest BCUT2D eigenvalue weighted by molar-refractivity contribution is 5.76. The minimum atomic E-state index is -0.769. The minimum absolute atomic E-state index is 0.0869. The molecule has 0 aromatic carbocycles. The van der Waals surface area contributed by atoms with Gasteiger partial charge in [-0.25, -0.2) is 0 Å². The molecule has 5 rings (SSSR count). The van der Waals surface area contributed by atoms with Crippen molar-refractivity contribution in [3.8, 4) is 0 Å². The molecule has 1 aliphatic heterocycles. The first-order valence-corrected chi connectivity index (χ1v) is 17.4. The molecule has 2 bridgehead atoms. The highest BCUT2D eigenvalue weighted by Gasteiger charge is 2.72. The molecule has 0 radical (unpaired) electrons. The quantitative estimate of drug-likeness (QED) is 0.245. The molecule has 1 unspecified atom stereocenters. The van der Waals surface area contributed by atoms with Crippen molar-refractivity contribution in [1.29, 1.82) is 0 Å². The summed E-state index contributed by atoms with van der Waals surface area (Å²) < 4.78 is 18.7. The van der Waals surface area contributed by atoms with Crippen LogP contribution in [0.3, 0.4) is 0 Å². The number of carbonyl (C=O) groups is 3. The Kier molecular flexibility index (Phi) is 8.68. The second kappa shape index (κ2) is 11.4. The first-order chi connectivity index (χ1) is 20.8. The summed E-state index contributed by atoms with van der Waals surface area (Å²) in [6, 6.07) is -0.769. The van der Waals surface area contributed by atoms with Crippen molar-refractivity contribution in [2.24, 2.45) is 68.3 Å². The summed E-state index contributed by atoms with van der Waals surface area (Å²) >= 11 is 0. The smallest absolute Gasteiger partial charge is 0.323 e. The average molecular weight is 630 g/mol. The number of carbonyl (C=O) groups excluding carboxylic acids is 2. The van der Waals surface area contributed by atoms with Crippen LogP contribution in [0.15, 0.2) is 11.6 Å². The van der Waals surface area contributed by atoms with Gasteiger partial charge in [0.05, 0.1) is 19.1 Å². The van der Waals surface area contributed by atoms with Gasteiger partial charge in [0.1, 0.15) is 18.2 Å². The third-order valence-electron chi connectivity index (χ3n) is 14.6. The topological polar surface area (TPSA) is 125 Å². The van der Waals surface area contributed by atoms with Crippen LogP contribution in [0.5, 0.6) is 0 Å². The zero-order valence-electron chi connectivity index (χ0n) is 29.4. The van der Waals surface area contributed by atoms with Gasteiger partial charge in [-0.15, -0.1) is 0 Å². The fourth-order valence-corrected chi connectivity index (χ4v) is 11.6. The molecule has 1 saturated heterocycles. The summed E-state index contributed by atoms with van der Waals surface area (Å²) in [5.41, 5.74) is 5.69. The molecule has 3 saturated carbocycles. The van der Waals surface area contributed by atoms with Crippen molar-refractivity contribution in [2.75, 3.05) is 13.2 Å². The van der Waals surface area contributed by atoms with E-state index in [-0.39, 0.29) is 39.9 Å². The van der Waals surface area contributed by atoms with E-state index < -0.39 is 52.9 Å². The molecular formula is C37H59NO7. The van der Waals surface area contributed by atoms with E-state index in [0.717, 1.165) is 25.7 Å². The van der Waals surface area contributed by atoms with E-state index in [1.165, 1.54) is 12.5 Å². The van der Waals surface area contributed by atoms with Crippen LogP contribution in [0.1, 0.15) is 108 Å². The van der Waals surface area contributed by atoms with Crippen molar-refractivity contribution in [3.63, 3.8) is 0 Å². The Morgan fingerprint density at radius 2 is 1.62 bits per heavy atom. The first-order valence-electron chi connectivity index (χ1n) is 17.4. The Hall–Kier alpha value is -1.93. The standard InChI is InChI=1S/C37H59NO7/c1-20(2)22(5)33(7)15-16-35(9)24-11-12-27-34(8)18-43-19-37(27,25(24)13-14-36(35,10)29(33)31(40)41)17-26(44-23(6)39)30(34)45-32(42)28(38)21(3)4/h13,20-22,24,26-30H,11-12,14-19,38H2,1-10H3,(H,40,41)/t22-,24+,26-,27+,28?,29-,30+,33-,34+,35-,36+,37+/m1/s1. The first kappa shape index (κ1) is 34.4. The lowest BCUT2D eigenvalue weighted by Gasteiger charge is -2.71. The van der Waals surface area contributed by atoms with Crippen molar-refractivity contribution in [1.82, 2.24) is 0 Å². The lowest BCUT2D eigenvalue weighted by atomic mass is 9.34. The van der Waals surface area contributed by atoms with Crippen molar-refractivity contribution >= 4 is 17.9 Å². The molecule has 0 aromatic rings. The molecule has 8 heteroatoms. The molecule has 0 aromatic heterocycles. The molecule has 8 nitrogen and oxygen atoms in total. The van der Waals surface area contributed by atoms with E-state index in [4.69, 9.17) is 19.9 Å². The summed E-state index contributed by atoms with van der Waals surface area (Å²) in [5, 5.41) is 10.9. The van der Waals surface area contributed by atoms with E-state index >= 15 is 0 Å². The van der Waals surface area contributed by atoms with E-state index in [0.29, 0.717) is 32.0 Å². The van der Waals surface area contributed by atoms with Gasteiger partial charge < -0.3 is 25.1 Å². The number of ether oxygens (including phenoxy) is 3. The molecule has 4 aliphatic carbocycles. The number of allylic oxidation sites excluding steroid dienone is 1. The number of carboxylic acid groups (broad SMARTS) is 1. The number of rotatable bonds is 7. The van der Waals surface area contributed by atoms with Gasteiger partial charge in [0.15, 0.2) is 0 Å². The number of aliphatic carboxylic acids is 1. The van der Waals surface area contributed by atoms with Gasteiger partial charge in [-0.2, -0.15) is 0 Å². The lowest BCUT2D eigenvalue weighted by molar-refractivity contribution is -0.263. The van der Waals surface area contributed by atoms with E-state index in [1.54, 1.807) is 0 Å². The SMILES string of the molecule is CC(=O)O[C@@H]1C[C@@]23COC[C@@](C)([C@@H]2CC[C@H]2C3=CC[C@@]3(C)[C@H](C(=O)O)[C@@](C)([C@H](C)C(C)C)CC[C@]23C)[C@H]1OC(=O)C(N)C(C)C. The van der Waals surface area contributed by atoms with Crippen molar-refractivity contribution in [3.05, 3.63) is 11.6 Å². The largest absolute Gasteiger partial charge is 0.481 e. The van der Waals surface area contributed by atoms with Gasteiger partial charge in [0.25, 0.3) is 0 Å². The minimum Gasteiger partial charge on any atom is -0.481 e. The van der Waals surface area contributed by atoms with Crippen LogP contribution in [-0.4, -0.2) is 54.5 Å². The van der Waals surface area contributed by atoms with Gasteiger partial charge in [-0.1, -0.05) is 74.0 Å². The Bertz CT molecular complexity index is 1240. The Morgan fingerprint density at radius 3 is 2.20 bits per heavy atom. The van der Waals surface area contributed by atoms with Gasteiger partial charge >= 0.3 is 17.9 Å². The molecule has 0 spiro atoms. The molecule has 254 valence electrons. The van der Waals surface area contributed by atoms with Gasteiger partial charge in [-0.3, -0.25) is 14.4 Å². The predicted octanol–water partition coefficient (Wildman–Crippen LogP) is 6.40. The molecule has 1 heterocycles. The summed E-state index contributed by atoms with van der Waals surface area (Å²) in [5.74, 6) is -1.06. The normalized spacial score (nSPS) is 45.4. The number of hydrogen-bond donors (Lipinski definition) is 2. The molecule has 5 aliphatic rings. The van der Waals surface area contributed by atoms with Crippen molar-refractivity contribution in [2.45, 2.75) is 126 Å². The third kappa shape index (κ3) is 4.85. The molecule has 4 fully saturated rings. The monoisotopic (exact) mass is 629 g/mol. The zero-order valence-corrected chi connectivity index (χ0v) is 29.4. The Labute approximate surface area is 270 Å². The maximum Gasteiger partial charge on any atom is 0.323 e. The van der Waals surface area contributed by atoms with E-state index in [2.05, 4.69) is 54.5 Å². The van der Waals surface area contributed by atoms with Crippen LogP contribution in [0.2, 0.25) is 0 Å². The summed E-state index contributed by atoms with van der Waals surface area (Å²) in [7, 11) is 0. The number of hydrogen-bond acceptors (Lipinski definition) is 7. The van der Waals surface area contributed by atoms with E-state index in [9.17, 15) is 19.5 Å². The average Bonchev–Trinajstić information content (AvgIpc) is 2.94. The van der Waals surface area contributed by atoms with Crippen LogP contribution in [0.4, 0.5) is 0 Å². The lowest BCUT2D eigenvalue weighted by Crippen LogP contribution is -2.70. The Morgan fingerprint density at radius 1 is 0.956 bits per heavy atom. The van der Waals surface area contributed by atoms with Crippen LogP contribution in [-0.2, 0) is 28.6 Å². The van der Waals surface area contributed by atoms with Crippen molar-refractivity contribution < 1.29 is 33.7 Å². The molecule has 3 N–H and O–H groups in total. The molecule has 0 amide bonds.